The summed E-state index contributed by atoms with van der Waals surface area (Å²) in [5.41, 5.74) is 0. The van der Waals surface area contributed by atoms with Crippen LogP contribution in [0.2, 0.25) is 0 Å². The quantitative estimate of drug-likeness (QED) is 0.809. The van der Waals surface area contributed by atoms with Gasteiger partial charge in [-0.2, -0.15) is 13.2 Å². The molecule has 0 saturated heterocycles. The summed E-state index contributed by atoms with van der Waals surface area (Å²) in [6, 6.07) is -0.378. The molecule has 2 bridgehead atoms. The van der Waals surface area contributed by atoms with Crippen molar-refractivity contribution in [3.8, 4) is 0 Å². The molecule has 0 heterocycles. The number of allylic oxidation sites excluding steroid dienone is 2. The van der Waals surface area contributed by atoms with Gasteiger partial charge in [-0.15, -0.1) is 0 Å². The van der Waals surface area contributed by atoms with Crippen molar-refractivity contribution in [2.45, 2.75) is 31.5 Å². The first-order valence-electron chi connectivity index (χ1n) is 7.06. The van der Waals surface area contributed by atoms with E-state index in [1.807, 2.05) is 0 Å². The number of hydrogen-bond acceptors (Lipinski definition) is 2. The number of aliphatic carboxylic acids is 1. The molecule has 0 aromatic heterocycles. The SMILES string of the molecule is O=C(O)C1C2C=CC(C2)C1C(=O)N(CC(F)(F)F)C1CC1. The van der Waals surface area contributed by atoms with E-state index in [4.69, 9.17) is 0 Å². The van der Waals surface area contributed by atoms with Crippen molar-refractivity contribution in [3.05, 3.63) is 12.2 Å². The largest absolute Gasteiger partial charge is 0.481 e. The van der Waals surface area contributed by atoms with Gasteiger partial charge in [0.25, 0.3) is 0 Å². The molecule has 4 atom stereocenters. The molecule has 0 spiro atoms. The lowest BCUT2D eigenvalue weighted by molar-refractivity contribution is -0.168. The summed E-state index contributed by atoms with van der Waals surface area (Å²) in [7, 11) is 0. The lowest BCUT2D eigenvalue weighted by atomic mass is 9.82. The van der Waals surface area contributed by atoms with Crippen molar-refractivity contribution in [1.29, 1.82) is 0 Å². The smallest absolute Gasteiger partial charge is 0.406 e. The van der Waals surface area contributed by atoms with Crippen molar-refractivity contribution >= 4 is 11.9 Å². The molecule has 0 aliphatic heterocycles. The van der Waals surface area contributed by atoms with E-state index in [0.717, 1.165) is 4.90 Å². The molecule has 3 aliphatic rings. The maximum Gasteiger partial charge on any atom is 0.406 e. The highest BCUT2D eigenvalue weighted by atomic mass is 19.4. The molecule has 1 N–H and O–H groups in total. The molecule has 2 saturated carbocycles. The van der Waals surface area contributed by atoms with Crippen molar-refractivity contribution in [1.82, 2.24) is 4.90 Å². The van der Waals surface area contributed by atoms with Gasteiger partial charge in [-0.25, -0.2) is 0 Å². The van der Waals surface area contributed by atoms with Crippen LogP contribution < -0.4 is 0 Å². The topological polar surface area (TPSA) is 57.6 Å². The maximum absolute atomic E-state index is 12.7. The number of fused-ring (bicyclic) bond motifs is 2. The zero-order chi connectivity index (χ0) is 15.4. The Balaban J connectivity index is 1.82. The average Bonchev–Trinajstić information content (AvgIpc) is 3.01. The summed E-state index contributed by atoms with van der Waals surface area (Å²) in [6.07, 6.45) is 0.790. The molecule has 2 fully saturated rings. The predicted octanol–water partition coefficient (Wildman–Crippen LogP) is 2.06. The maximum atomic E-state index is 12.7. The Morgan fingerprint density at radius 1 is 1.14 bits per heavy atom. The molecule has 3 rings (SSSR count). The highest BCUT2D eigenvalue weighted by molar-refractivity contribution is 5.87. The van der Waals surface area contributed by atoms with E-state index >= 15 is 0 Å². The number of carboxylic acid groups (broad SMARTS) is 1. The number of carbonyl (C=O) groups excluding carboxylic acids is 1. The first kappa shape index (κ1) is 14.4. The second-order valence-electron chi connectivity index (χ2n) is 6.15. The van der Waals surface area contributed by atoms with E-state index < -0.39 is 36.4 Å². The number of rotatable bonds is 4. The molecule has 4 unspecified atom stereocenters. The van der Waals surface area contributed by atoms with Gasteiger partial charge in [0.15, 0.2) is 0 Å². The van der Waals surface area contributed by atoms with Crippen molar-refractivity contribution in [3.63, 3.8) is 0 Å². The fraction of sp³-hybridized carbons (Fsp3) is 0.714. The van der Waals surface area contributed by atoms with E-state index in [1.54, 1.807) is 12.2 Å². The van der Waals surface area contributed by atoms with Crippen LogP contribution in [0.5, 0.6) is 0 Å². The molecule has 0 radical (unpaired) electrons. The summed E-state index contributed by atoms with van der Waals surface area (Å²) >= 11 is 0. The van der Waals surface area contributed by atoms with Gasteiger partial charge >= 0.3 is 12.1 Å². The molecule has 1 amide bonds. The van der Waals surface area contributed by atoms with Gasteiger partial charge in [-0.1, -0.05) is 12.2 Å². The Labute approximate surface area is 119 Å². The molecule has 4 nitrogen and oxygen atoms in total. The molecule has 3 aliphatic carbocycles. The lowest BCUT2D eigenvalue weighted by Gasteiger charge is -2.31. The Kier molecular flexibility index (Phi) is 3.26. The van der Waals surface area contributed by atoms with E-state index in [-0.39, 0.29) is 17.9 Å². The second-order valence-corrected chi connectivity index (χ2v) is 6.15. The number of nitrogens with zero attached hydrogens (tertiary/aromatic N) is 1. The van der Waals surface area contributed by atoms with Gasteiger partial charge < -0.3 is 10.0 Å². The number of alkyl halides is 3. The molecular formula is C14H16F3NO3. The highest BCUT2D eigenvalue weighted by Crippen LogP contribution is 2.49. The zero-order valence-corrected chi connectivity index (χ0v) is 11.2. The number of carbonyl (C=O) groups is 2. The Morgan fingerprint density at radius 2 is 1.71 bits per heavy atom. The van der Waals surface area contributed by atoms with E-state index in [2.05, 4.69) is 0 Å². The summed E-state index contributed by atoms with van der Waals surface area (Å²) < 4.78 is 38.0. The molecule has 21 heavy (non-hydrogen) atoms. The molecule has 116 valence electrons. The highest BCUT2D eigenvalue weighted by Gasteiger charge is 2.54. The van der Waals surface area contributed by atoms with E-state index in [9.17, 15) is 27.9 Å². The minimum Gasteiger partial charge on any atom is -0.481 e. The van der Waals surface area contributed by atoms with Crippen LogP contribution in [0.25, 0.3) is 0 Å². The standard InChI is InChI=1S/C14H16F3NO3/c15-14(16,17)6-18(9-3-4-9)12(19)10-7-1-2-8(5-7)11(10)13(20)21/h1-2,7-11H,3-6H2,(H,20,21). The first-order chi connectivity index (χ1) is 9.78. The molecular weight excluding hydrogens is 287 g/mol. The second kappa shape index (κ2) is 4.74. The van der Waals surface area contributed by atoms with E-state index in [1.165, 1.54) is 0 Å². The minimum atomic E-state index is -4.45. The van der Waals surface area contributed by atoms with Gasteiger partial charge in [0.05, 0.1) is 11.8 Å². The normalized spacial score (nSPS) is 34.2. The van der Waals surface area contributed by atoms with Gasteiger partial charge in [0, 0.05) is 6.04 Å². The first-order valence-corrected chi connectivity index (χ1v) is 7.06. The number of amides is 1. The Bertz CT molecular complexity index is 498. The molecule has 0 aromatic rings. The van der Waals surface area contributed by atoms with Crippen molar-refractivity contribution in [2.24, 2.45) is 23.7 Å². The lowest BCUT2D eigenvalue weighted by Crippen LogP contribution is -2.47. The fourth-order valence-corrected chi connectivity index (χ4v) is 3.65. The van der Waals surface area contributed by atoms with Crippen LogP contribution in [-0.4, -0.2) is 40.6 Å². The van der Waals surface area contributed by atoms with Crippen LogP contribution in [0.15, 0.2) is 12.2 Å². The number of carboxylic acids is 1. The Morgan fingerprint density at radius 3 is 2.19 bits per heavy atom. The predicted molar refractivity (Wildman–Crippen MR) is 66.1 cm³/mol. The Hall–Kier alpha value is -1.53. The van der Waals surface area contributed by atoms with E-state index in [0.29, 0.717) is 19.3 Å². The summed E-state index contributed by atoms with van der Waals surface area (Å²) in [5, 5.41) is 9.30. The van der Waals surface area contributed by atoms with Gasteiger partial charge in [0.2, 0.25) is 5.91 Å². The summed E-state index contributed by atoms with van der Waals surface area (Å²) in [5.74, 6) is -3.93. The van der Waals surface area contributed by atoms with Crippen molar-refractivity contribution in [2.75, 3.05) is 6.54 Å². The molecule has 7 heteroatoms. The van der Waals surface area contributed by atoms with Crippen LogP contribution in [0.1, 0.15) is 19.3 Å². The third-order valence-electron chi connectivity index (χ3n) is 4.65. The minimum absolute atomic E-state index is 0.228. The zero-order valence-electron chi connectivity index (χ0n) is 11.2. The van der Waals surface area contributed by atoms with Crippen LogP contribution in [0, 0.1) is 23.7 Å². The third-order valence-corrected chi connectivity index (χ3v) is 4.65. The van der Waals surface area contributed by atoms with Crippen molar-refractivity contribution < 1.29 is 27.9 Å². The summed E-state index contributed by atoms with van der Waals surface area (Å²) in [4.78, 5) is 24.8. The van der Waals surface area contributed by atoms with Gasteiger partial charge in [-0.3, -0.25) is 9.59 Å². The fourth-order valence-electron chi connectivity index (χ4n) is 3.65. The van der Waals surface area contributed by atoms with Crippen LogP contribution in [0.4, 0.5) is 13.2 Å². The number of hydrogen-bond donors (Lipinski definition) is 1. The van der Waals surface area contributed by atoms with Crippen LogP contribution in [-0.2, 0) is 9.59 Å². The monoisotopic (exact) mass is 303 g/mol. The molecule has 0 aromatic carbocycles. The number of halogens is 3. The summed E-state index contributed by atoms with van der Waals surface area (Å²) in [6.45, 7) is -1.28. The average molecular weight is 303 g/mol. The van der Waals surface area contributed by atoms with Gasteiger partial charge in [0.1, 0.15) is 6.54 Å². The van der Waals surface area contributed by atoms with Crippen LogP contribution in [0.3, 0.4) is 0 Å². The third kappa shape index (κ3) is 2.65. The van der Waals surface area contributed by atoms with Gasteiger partial charge in [-0.05, 0) is 31.1 Å². The van der Waals surface area contributed by atoms with Crippen LogP contribution >= 0.6 is 0 Å².